The highest BCUT2D eigenvalue weighted by Crippen LogP contribution is 2.01. The van der Waals surface area contributed by atoms with E-state index in [4.69, 9.17) is 0 Å². The minimum Gasteiger partial charge on any atom is -0.333 e. The molecule has 0 aromatic heterocycles. The van der Waals surface area contributed by atoms with Crippen molar-refractivity contribution in [2.45, 2.75) is 0 Å². The van der Waals surface area contributed by atoms with Crippen LogP contribution in [0.25, 0.3) is 0 Å². The number of nitrogens with two attached hydrogens (primary N) is 3. The van der Waals surface area contributed by atoms with Gasteiger partial charge in [0.05, 0.1) is 0 Å². The molecule has 0 unspecified atom stereocenters. The molecule has 0 aliphatic heterocycles. The van der Waals surface area contributed by atoms with E-state index in [1.165, 1.54) is 21.1 Å². The molecule has 0 amide bonds. The molecule has 0 radical (unpaired) electrons. The molecule has 0 atom stereocenters. The first-order valence-corrected chi connectivity index (χ1v) is 3.66. The van der Waals surface area contributed by atoms with Gasteiger partial charge in [0.15, 0.2) is 0 Å². The lowest BCUT2D eigenvalue weighted by molar-refractivity contribution is 1.48. The van der Waals surface area contributed by atoms with Gasteiger partial charge in [-0.2, -0.15) is 0 Å². The van der Waals surface area contributed by atoms with E-state index in [1.54, 1.807) is 0 Å². The molecule has 0 bridgehead atoms. The van der Waals surface area contributed by atoms with E-state index in [2.05, 4.69) is 23.8 Å². The van der Waals surface area contributed by atoms with Crippen molar-refractivity contribution in [3.05, 3.63) is 36.5 Å². The summed E-state index contributed by atoms with van der Waals surface area (Å²) >= 11 is 0. The lowest BCUT2D eigenvalue weighted by Gasteiger charge is -1.71. The van der Waals surface area contributed by atoms with Gasteiger partial charge >= 0.3 is 0 Å². The summed E-state index contributed by atoms with van der Waals surface area (Å²) in [6, 6.07) is 0. The molecular formula is C9H21N3. The van der Waals surface area contributed by atoms with Crippen LogP contribution < -0.4 is 17.2 Å². The average molecular weight is 171 g/mol. The van der Waals surface area contributed by atoms with Crippen molar-refractivity contribution in [3.8, 4) is 0 Å². The van der Waals surface area contributed by atoms with Crippen LogP contribution in [0.15, 0.2) is 36.5 Å². The topological polar surface area (TPSA) is 78.1 Å². The van der Waals surface area contributed by atoms with Crippen LogP contribution in [0.5, 0.6) is 0 Å². The maximum atomic E-state index is 4.50. The Kier molecular flexibility index (Phi) is 32.3. The van der Waals surface area contributed by atoms with Crippen molar-refractivity contribution in [3.63, 3.8) is 0 Å². The number of hydrogen-bond donors (Lipinski definition) is 3. The van der Waals surface area contributed by atoms with Crippen molar-refractivity contribution in [2.24, 2.45) is 17.2 Å². The van der Waals surface area contributed by atoms with Gasteiger partial charge in [0.2, 0.25) is 0 Å². The zero-order valence-corrected chi connectivity index (χ0v) is 8.25. The normalized spacial score (nSPS) is 10.0. The van der Waals surface area contributed by atoms with Gasteiger partial charge in [0, 0.05) is 0 Å². The third-order valence-electron chi connectivity index (χ3n) is 0.732. The van der Waals surface area contributed by atoms with Crippen LogP contribution in [-0.2, 0) is 0 Å². The third-order valence-corrected chi connectivity index (χ3v) is 0.732. The number of rotatable bonds is 0. The Hall–Kier alpha value is -0.900. The van der Waals surface area contributed by atoms with Gasteiger partial charge in [-0.15, -0.1) is 0 Å². The summed E-state index contributed by atoms with van der Waals surface area (Å²) in [5.41, 5.74) is 14.6. The van der Waals surface area contributed by atoms with E-state index in [0.29, 0.717) is 0 Å². The molecule has 1 rings (SSSR count). The third kappa shape index (κ3) is 16.0. The van der Waals surface area contributed by atoms with Gasteiger partial charge in [0.1, 0.15) is 0 Å². The molecule has 0 saturated heterocycles. The highest BCUT2D eigenvalue weighted by Gasteiger charge is 1.80. The van der Waals surface area contributed by atoms with Crippen LogP contribution in [-0.4, -0.2) is 21.1 Å². The minimum atomic E-state index is 1.09. The van der Waals surface area contributed by atoms with E-state index in [9.17, 15) is 0 Å². The molecule has 0 aromatic rings. The van der Waals surface area contributed by atoms with Crippen molar-refractivity contribution >= 4 is 0 Å². The SMILES string of the molecule is C=C1C=CC=C1.CN.CN.CN. The van der Waals surface area contributed by atoms with Crippen LogP contribution in [0.4, 0.5) is 0 Å². The largest absolute Gasteiger partial charge is 0.333 e. The van der Waals surface area contributed by atoms with Crippen molar-refractivity contribution in [1.29, 1.82) is 0 Å². The molecule has 0 saturated carbocycles. The zero-order valence-electron chi connectivity index (χ0n) is 8.25. The Bertz CT molecular complexity index is 112. The summed E-state index contributed by atoms with van der Waals surface area (Å²) in [5.74, 6) is 0. The summed E-state index contributed by atoms with van der Waals surface area (Å²) in [6.45, 7) is 3.68. The van der Waals surface area contributed by atoms with Gasteiger partial charge in [-0.05, 0) is 26.7 Å². The first-order valence-electron chi connectivity index (χ1n) is 3.66. The molecule has 3 heteroatoms. The van der Waals surface area contributed by atoms with E-state index >= 15 is 0 Å². The monoisotopic (exact) mass is 171 g/mol. The Morgan fingerprint density at radius 2 is 1.08 bits per heavy atom. The van der Waals surface area contributed by atoms with Crippen LogP contribution in [0.2, 0.25) is 0 Å². The van der Waals surface area contributed by atoms with Crippen LogP contribution in [0.3, 0.4) is 0 Å². The maximum Gasteiger partial charge on any atom is -0.0195 e. The first kappa shape index (κ1) is 17.3. The van der Waals surface area contributed by atoms with Crippen molar-refractivity contribution < 1.29 is 0 Å². The Morgan fingerprint density at radius 3 is 1.17 bits per heavy atom. The fraction of sp³-hybridized carbons (Fsp3) is 0.333. The fourth-order valence-electron chi connectivity index (χ4n) is 0.414. The van der Waals surface area contributed by atoms with Crippen molar-refractivity contribution in [2.75, 3.05) is 21.1 Å². The number of allylic oxidation sites excluding steroid dienone is 5. The summed E-state index contributed by atoms with van der Waals surface area (Å²) in [7, 11) is 4.50. The lowest BCUT2D eigenvalue weighted by atomic mass is 10.4. The molecule has 1 aliphatic carbocycles. The number of hydrogen-bond acceptors (Lipinski definition) is 3. The second-order valence-electron chi connectivity index (χ2n) is 1.29. The van der Waals surface area contributed by atoms with Gasteiger partial charge < -0.3 is 17.2 Å². The zero-order chi connectivity index (χ0) is 10.4. The molecular weight excluding hydrogens is 150 g/mol. The Balaban J connectivity index is -0.000000117. The van der Waals surface area contributed by atoms with Gasteiger partial charge in [-0.3, -0.25) is 0 Å². The quantitative estimate of drug-likeness (QED) is 0.493. The minimum absolute atomic E-state index is 1.09. The molecule has 3 nitrogen and oxygen atoms in total. The fourth-order valence-corrected chi connectivity index (χ4v) is 0.414. The molecule has 12 heavy (non-hydrogen) atoms. The van der Waals surface area contributed by atoms with Crippen LogP contribution in [0.1, 0.15) is 0 Å². The van der Waals surface area contributed by atoms with Gasteiger partial charge in [0.25, 0.3) is 0 Å². The summed E-state index contributed by atoms with van der Waals surface area (Å²) < 4.78 is 0. The highest BCUT2D eigenvalue weighted by atomic mass is 14.4. The van der Waals surface area contributed by atoms with Gasteiger partial charge in [-0.1, -0.05) is 30.9 Å². The summed E-state index contributed by atoms with van der Waals surface area (Å²) in [5, 5.41) is 0. The Labute approximate surface area is 75.6 Å². The molecule has 0 spiro atoms. The van der Waals surface area contributed by atoms with Crippen LogP contribution in [0, 0.1) is 0 Å². The standard InChI is InChI=1S/C6H6.3CH5N/c1-6-4-2-3-5-6;3*1-2/h2-5H,1H2;3*2H2,1H3. The molecule has 0 fully saturated rings. The molecule has 72 valence electrons. The first-order chi connectivity index (χ1) is 5.89. The molecule has 0 heterocycles. The van der Waals surface area contributed by atoms with E-state index < -0.39 is 0 Å². The maximum absolute atomic E-state index is 4.50. The average Bonchev–Trinajstić information content (AvgIpc) is 2.66. The smallest absolute Gasteiger partial charge is 0.0195 e. The summed E-state index contributed by atoms with van der Waals surface area (Å²) in [4.78, 5) is 0. The van der Waals surface area contributed by atoms with Crippen LogP contribution >= 0.6 is 0 Å². The predicted molar refractivity (Wildman–Crippen MR) is 57.8 cm³/mol. The molecule has 6 N–H and O–H groups in total. The second kappa shape index (κ2) is 22.5. The summed E-state index contributed by atoms with van der Waals surface area (Å²) in [6.07, 6.45) is 7.89. The second-order valence-corrected chi connectivity index (χ2v) is 1.29. The van der Waals surface area contributed by atoms with E-state index in [0.717, 1.165) is 5.57 Å². The van der Waals surface area contributed by atoms with E-state index in [-0.39, 0.29) is 0 Å². The van der Waals surface area contributed by atoms with Gasteiger partial charge in [-0.25, -0.2) is 0 Å². The lowest BCUT2D eigenvalue weighted by Crippen LogP contribution is -1.69. The highest BCUT2D eigenvalue weighted by molar-refractivity contribution is 5.37. The Morgan fingerprint density at radius 1 is 0.833 bits per heavy atom. The van der Waals surface area contributed by atoms with E-state index in [1.807, 2.05) is 24.3 Å². The van der Waals surface area contributed by atoms with Crippen molar-refractivity contribution in [1.82, 2.24) is 0 Å². The molecule has 1 aliphatic rings. The predicted octanol–water partition coefficient (Wildman–Crippen LogP) is 0.393. The molecule has 0 aromatic carbocycles.